The minimum atomic E-state index is -5.24. The molecule has 2 aliphatic carbocycles. The standard InChI is InChI=1S/C27H28F6O/c1-2-3-4-16-5-6-18-12-19(8-7-17(18)11-16)20-9-10-22(23(28)13-20)21-14-24(29)26(25(30)15-21)34-27(31,32)33/h2,9-10,13-19H,1,3-8,11-12H2. The van der Waals surface area contributed by atoms with Crippen molar-refractivity contribution in [2.24, 2.45) is 17.8 Å². The topological polar surface area (TPSA) is 9.23 Å². The molecule has 0 N–H and O–H groups in total. The van der Waals surface area contributed by atoms with Gasteiger partial charge in [-0.3, -0.25) is 0 Å². The van der Waals surface area contributed by atoms with Crippen molar-refractivity contribution in [3.63, 3.8) is 0 Å². The van der Waals surface area contributed by atoms with E-state index >= 15 is 0 Å². The van der Waals surface area contributed by atoms with Gasteiger partial charge in [0.2, 0.25) is 5.75 Å². The lowest BCUT2D eigenvalue weighted by molar-refractivity contribution is -0.276. The second kappa shape index (κ2) is 10.0. The van der Waals surface area contributed by atoms with Crippen LogP contribution in [0, 0.1) is 35.2 Å². The Hall–Kier alpha value is -2.44. The first-order chi connectivity index (χ1) is 16.1. The summed E-state index contributed by atoms with van der Waals surface area (Å²) in [6, 6.07) is 5.90. The Morgan fingerprint density at radius 3 is 2.21 bits per heavy atom. The summed E-state index contributed by atoms with van der Waals surface area (Å²) in [4.78, 5) is 0. The lowest BCUT2D eigenvalue weighted by atomic mass is 9.63. The Morgan fingerprint density at radius 2 is 1.56 bits per heavy atom. The van der Waals surface area contributed by atoms with Crippen LogP contribution in [0.2, 0.25) is 0 Å². The molecule has 0 amide bonds. The van der Waals surface area contributed by atoms with Crippen LogP contribution < -0.4 is 4.74 Å². The molecule has 0 aliphatic heterocycles. The fraction of sp³-hybridized carbons (Fsp3) is 0.481. The van der Waals surface area contributed by atoms with Crippen molar-refractivity contribution in [3.05, 3.63) is 66.0 Å². The maximum Gasteiger partial charge on any atom is 0.573 e. The van der Waals surface area contributed by atoms with Gasteiger partial charge in [-0.05, 0) is 97.9 Å². The fourth-order valence-corrected chi connectivity index (χ4v) is 5.85. The predicted octanol–water partition coefficient (Wildman–Crippen LogP) is 8.94. The number of fused-ring (bicyclic) bond motifs is 1. The molecule has 4 rings (SSSR count). The van der Waals surface area contributed by atoms with Gasteiger partial charge in [0, 0.05) is 5.56 Å². The average molecular weight is 483 g/mol. The molecule has 34 heavy (non-hydrogen) atoms. The van der Waals surface area contributed by atoms with E-state index in [2.05, 4.69) is 11.3 Å². The van der Waals surface area contributed by atoms with E-state index in [0.29, 0.717) is 24.0 Å². The lowest BCUT2D eigenvalue weighted by Crippen LogP contribution is -2.30. The molecule has 4 atom stereocenters. The molecule has 4 unspecified atom stereocenters. The summed E-state index contributed by atoms with van der Waals surface area (Å²) in [6.45, 7) is 3.81. The molecular weight excluding hydrogens is 454 g/mol. The molecule has 184 valence electrons. The van der Waals surface area contributed by atoms with Crippen molar-refractivity contribution in [2.45, 2.75) is 63.6 Å². The Labute approximate surface area is 195 Å². The van der Waals surface area contributed by atoms with Gasteiger partial charge < -0.3 is 4.74 Å². The summed E-state index contributed by atoms with van der Waals surface area (Å²) in [7, 11) is 0. The molecular formula is C27H28F6O. The third kappa shape index (κ3) is 5.61. The van der Waals surface area contributed by atoms with E-state index < -0.39 is 29.6 Å². The zero-order chi connectivity index (χ0) is 24.5. The number of allylic oxidation sites excluding steroid dienone is 1. The number of ether oxygens (including phenoxy) is 1. The van der Waals surface area contributed by atoms with Crippen LogP contribution in [0.4, 0.5) is 26.3 Å². The van der Waals surface area contributed by atoms with Gasteiger partial charge in [-0.2, -0.15) is 0 Å². The minimum Gasteiger partial charge on any atom is -0.399 e. The largest absolute Gasteiger partial charge is 0.573 e. The van der Waals surface area contributed by atoms with Gasteiger partial charge in [-0.15, -0.1) is 19.8 Å². The third-order valence-corrected chi connectivity index (χ3v) is 7.49. The highest BCUT2D eigenvalue weighted by Gasteiger charge is 2.36. The molecule has 0 radical (unpaired) electrons. The van der Waals surface area contributed by atoms with Gasteiger partial charge in [-0.25, -0.2) is 13.2 Å². The van der Waals surface area contributed by atoms with Gasteiger partial charge in [0.1, 0.15) is 5.82 Å². The van der Waals surface area contributed by atoms with Gasteiger partial charge in [0.25, 0.3) is 0 Å². The zero-order valence-electron chi connectivity index (χ0n) is 18.8. The molecule has 2 aromatic rings. The van der Waals surface area contributed by atoms with Crippen LogP contribution in [0.15, 0.2) is 43.0 Å². The number of hydrogen-bond donors (Lipinski definition) is 0. The number of rotatable bonds is 6. The van der Waals surface area contributed by atoms with Crippen molar-refractivity contribution < 1.29 is 31.1 Å². The van der Waals surface area contributed by atoms with Crippen LogP contribution >= 0.6 is 0 Å². The maximum absolute atomic E-state index is 15.0. The van der Waals surface area contributed by atoms with E-state index in [4.69, 9.17) is 0 Å². The number of benzene rings is 2. The second-order valence-corrected chi connectivity index (χ2v) is 9.63. The van der Waals surface area contributed by atoms with E-state index in [1.807, 2.05) is 6.08 Å². The maximum atomic E-state index is 15.0. The van der Waals surface area contributed by atoms with Crippen molar-refractivity contribution in [1.29, 1.82) is 0 Å². The molecule has 1 nitrogen and oxygen atoms in total. The van der Waals surface area contributed by atoms with Gasteiger partial charge in [-0.1, -0.05) is 24.6 Å². The first-order valence-electron chi connectivity index (χ1n) is 11.8. The summed E-state index contributed by atoms with van der Waals surface area (Å²) >= 11 is 0. The quantitative estimate of drug-likeness (QED) is 0.295. The van der Waals surface area contributed by atoms with Crippen molar-refractivity contribution in [2.75, 3.05) is 0 Å². The molecule has 2 saturated carbocycles. The number of alkyl halides is 3. The van der Waals surface area contributed by atoms with E-state index in [0.717, 1.165) is 37.2 Å². The average Bonchev–Trinajstić information content (AvgIpc) is 2.78. The highest BCUT2D eigenvalue weighted by Crippen LogP contribution is 2.48. The summed E-state index contributed by atoms with van der Waals surface area (Å²) < 4.78 is 83.6. The van der Waals surface area contributed by atoms with Crippen molar-refractivity contribution in [3.8, 4) is 16.9 Å². The Balaban J connectivity index is 1.47. The fourth-order valence-electron chi connectivity index (χ4n) is 5.85. The first kappa shape index (κ1) is 24.7. The van der Waals surface area contributed by atoms with E-state index in [9.17, 15) is 26.3 Å². The normalized spacial score (nSPS) is 25.0. The molecule has 0 saturated heterocycles. The Kier molecular flexibility index (Phi) is 7.29. The van der Waals surface area contributed by atoms with Crippen molar-refractivity contribution >= 4 is 0 Å². The highest BCUT2D eigenvalue weighted by molar-refractivity contribution is 5.66. The molecule has 2 aromatic carbocycles. The van der Waals surface area contributed by atoms with Crippen molar-refractivity contribution in [1.82, 2.24) is 0 Å². The second-order valence-electron chi connectivity index (χ2n) is 9.63. The van der Waals surface area contributed by atoms with Crippen LogP contribution in [0.3, 0.4) is 0 Å². The Morgan fingerprint density at radius 1 is 0.882 bits per heavy atom. The van der Waals surface area contributed by atoms with E-state index in [-0.39, 0.29) is 17.0 Å². The molecule has 2 aliphatic rings. The monoisotopic (exact) mass is 482 g/mol. The van der Waals surface area contributed by atoms with Gasteiger partial charge in [0.15, 0.2) is 11.6 Å². The van der Waals surface area contributed by atoms with Crippen LogP contribution in [-0.2, 0) is 0 Å². The van der Waals surface area contributed by atoms with Crippen LogP contribution in [-0.4, -0.2) is 6.36 Å². The lowest BCUT2D eigenvalue weighted by Gasteiger charge is -2.42. The van der Waals surface area contributed by atoms with Crippen LogP contribution in [0.25, 0.3) is 11.1 Å². The molecule has 0 heterocycles. The summed E-state index contributed by atoms with van der Waals surface area (Å²) in [6.07, 6.45) is 5.76. The highest BCUT2D eigenvalue weighted by atomic mass is 19.4. The minimum absolute atomic E-state index is 0.0727. The smallest absolute Gasteiger partial charge is 0.399 e. The van der Waals surface area contributed by atoms with Gasteiger partial charge >= 0.3 is 6.36 Å². The summed E-state index contributed by atoms with van der Waals surface area (Å²) in [5, 5.41) is 0. The molecule has 0 aromatic heterocycles. The SMILES string of the molecule is C=CCCC1CCC2CC(c3ccc(-c4cc(F)c(OC(F)(F)F)c(F)c4)c(F)c3)CCC2C1. The zero-order valence-corrected chi connectivity index (χ0v) is 18.8. The van der Waals surface area contributed by atoms with E-state index in [1.54, 1.807) is 6.07 Å². The van der Waals surface area contributed by atoms with Gasteiger partial charge in [0.05, 0.1) is 0 Å². The molecule has 0 bridgehead atoms. The molecule has 2 fully saturated rings. The molecule has 7 heteroatoms. The summed E-state index contributed by atoms with van der Waals surface area (Å²) in [5.41, 5.74) is 0.595. The number of hydrogen-bond acceptors (Lipinski definition) is 1. The predicted molar refractivity (Wildman–Crippen MR) is 119 cm³/mol. The third-order valence-electron chi connectivity index (χ3n) is 7.49. The summed E-state index contributed by atoms with van der Waals surface area (Å²) in [5.74, 6) is -2.96. The first-order valence-corrected chi connectivity index (χ1v) is 11.8. The van der Waals surface area contributed by atoms with Crippen LogP contribution in [0.1, 0.15) is 62.8 Å². The Bertz CT molecular complexity index is 1010. The van der Waals surface area contributed by atoms with Crippen LogP contribution in [0.5, 0.6) is 5.75 Å². The van der Waals surface area contributed by atoms with E-state index in [1.165, 1.54) is 37.8 Å². The molecule has 0 spiro atoms. The number of halogens is 6.